The van der Waals surface area contributed by atoms with E-state index in [1.54, 1.807) is 0 Å². The number of carbonyl (C=O) groups excluding carboxylic acids is 2. The van der Waals surface area contributed by atoms with Gasteiger partial charge < -0.3 is 10.2 Å². The molecule has 2 amide bonds. The van der Waals surface area contributed by atoms with Gasteiger partial charge in [0.2, 0.25) is 0 Å². The highest BCUT2D eigenvalue weighted by Gasteiger charge is 2.40. The number of amides is 2. The average Bonchev–Trinajstić information content (AvgIpc) is 3.07. The van der Waals surface area contributed by atoms with Crippen molar-refractivity contribution in [2.75, 3.05) is 6.54 Å². The zero-order chi connectivity index (χ0) is 13.2. The summed E-state index contributed by atoms with van der Waals surface area (Å²) in [4.78, 5) is 26.2. The lowest BCUT2D eigenvalue weighted by Crippen LogP contribution is -2.48. The zero-order valence-electron chi connectivity index (χ0n) is 11.6. The van der Waals surface area contributed by atoms with Crippen molar-refractivity contribution < 1.29 is 9.59 Å². The minimum absolute atomic E-state index is 0.0779. The van der Waals surface area contributed by atoms with E-state index in [0.717, 1.165) is 51.5 Å². The summed E-state index contributed by atoms with van der Waals surface area (Å²) in [6.07, 6.45) is 9.47. The number of carbonyl (C=O) groups is 2. The van der Waals surface area contributed by atoms with E-state index in [4.69, 9.17) is 0 Å². The van der Waals surface area contributed by atoms with Crippen LogP contribution in [0.1, 0.15) is 57.8 Å². The summed E-state index contributed by atoms with van der Waals surface area (Å²) in [5.41, 5.74) is 0. The molecule has 1 saturated heterocycles. The number of rotatable bonds is 2. The SMILES string of the molecule is O=C1CCCC1C1CCCN1C(=O)NC1CCCC1. The van der Waals surface area contributed by atoms with Crippen molar-refractivity contribution in [1.82, 2.24) is 10.2 Å². The highest BCUT2D eigenvalue weighted by molar-refractivity contribution is 5.84. The van der Waals surface area contributed by atoms with Crippen LogP contribution in [0.3, 0.4) is 0 Å². The molecule has 1 aliphatic heterocycles. The molecule has 0 aromatic carbocycles. The van der Waals surface area contributed by atoms with Gasteiger partial charge in [0.1, 0.15) is 5.78 Å². The lowest BCUT2D eigenvalue weighted by Gasteiger charge is -2.30. The van der Waals surface area contributed by atoms with Crippen LogP contribution in [-0.2, 0) is 4.79 Å². The molecule has 1 N–H and O–H groups in total. The average molecular weight is 264 g/mol. The molecule has 0 aromatic rings. The summed E-state index contributed by atoms with van der Waals surface area (Å²) in [7, 11) is 0. The normalized spacial score (nSPS) is 32.2. The van der Waals surface area contributed by atoms with Gasteiger partial charge in [0.25, 0.3) is 0 Å². The summed E-state index contributed by atoms with van der Waals surface area (Å²) >= 11 is 0. The van der Waals surface area contributed by atoms with Crippen molar-refractivity contribution in [2.24, 2.45) is 5.92 Å². The first kappa shape index (κ1) is 12.9. The van der Waals surface area contributed by atoms with Gasteiger partial charge in [-0.05, 0) is 38.5 Å². The predicted octanol–water partition coefficient (Wildman–Crippen LogP) is 2.47. The van der Waals surface area contributed by atoms with Gasteiger partial charge in [-0.25, -0.2) is 4.79 Å². The topological polar surface area (TPSA) is 49.4 Å². The van der Waals surface area contributed by atoms with Crippen molar-refractivity contribution in [3.8, 4) is 0 Å². The minimum atomic E-state index is 0.0779. The number of hydrogen-bond acceptors (Lipinski definition) is 2. The number of ketones is 1. The summed E-state index contributed by atoms with van der Waals surface area (Å²) < 4.78 is 0. The number of likely N-dealkylation sites (tertiary alicyclic amines) is 1. The van der Waals surface area contributed by atoms with Crippen LogP contribution in [0.25, 0.3) is 0 Å². The molecule has 0 spiro atoms. The lowest BCUT2D eigenvalue weighted by atomic mass is 9.95. The van der Waals surface area contributed by atoms with Crippen LogP contribution in [0.5, 0.6) is 0 Å². The van der Waals surface area contributed by atoms with Gasteiger partial charge in [0.15, 0.2) is 0 Å². The first-order valence-electron chi connectivity index (χ1n) is 7.85. The van der Waals surface area contributed by atoms with Crippen LogP contribution < -0.4 is 5.32 Å². The molecule has 3 rings (SSSR count). The second kappa shape index (κ2) is 5.51. The van der Waals surface area contributed by atoms with E-state index in [9.17, 15) is 9.59 Å². The summed E-state index contributed by atoms with van der Waals surface area (Å²) in [5, 5.41) is 3.16. The Hall–Kier alpha value is -1.06. The molecule has 2 aliphatic carbocycles. The minimum Gasteiger partial charge on any atom is -0.335 e. The van der Waals surface area contributed by atoms with Gasteiger partial charge in [-0.15, -0.1) is 0 Å². The summed E-state index contributed by atoms with van der Waals surface area (Å²) in [6, 6.07) is 0.624. The maximum absolute atomic E-state index is 12.4. The third-order valence-corrected chi connectivity index (χ3v) is 5.06. The third kappa shape index (κ3) is 2.63. The standard InChI is InChI=1S/C15H24N2O2/c18-14-9-3-7-12(14)13-8-4-10-17(13)15(19)16-11-5-1-2-6-11/h11-13H,1-10H2,(H,16,19). The second-order valence-electron chi connectivity index (χ2n) is 6.30. The highest BCUT2D eigenvalue weighted by atomic mass is 16.2. The van der Waals surface area contributed by atoms with Gasteiger partial charge in [-0.3, -0.25) is 4.79 Å². The van der Waals surface area contributed by atoms with Crippen LogP contribution in [0.2, 0.25) is 0 Å². The van der Waals surface area contributed by atoms with Crippen molar-refractivity contribution in [3.05, 3.63) is 0 Å². The Morgan fingerprint density at radius 3 is 2.53 bits per heavy atom. The molecule has 19 heavy (non-hydrogen) atoms. The molecule has 106 valence electrons. The smallest absolute Gasteiger partial charge is 0.317 e. The summed E-state index contributed by atoms with van der Waals surface area (Å²) in [6.45, 7) is 0.826. The van der Waals surface area contributed by atoms with E-state index < -0.39 is 0 Å². The fourth-order valence-electron chi connectivity index (χ4n) is 4.04. The molecule has 3 aliphatic rings. The van der Waals surface area contributed by atoms with E-state index in [1.807, 2.05) is 4.90 Å². The van der Waals surface area contributed by atoms with E-state index in [2.05, 4.69) is 5.32 Å². The summed E-state index contributed by atoms with van der Waals surface area (Å²) in [5.74, 6) is 0.502. The number of hydrogen-bond donors (Lipinski definition) is 1. The largest absolute Gasteiger partial charge is 0.335 e. The van der Waals surface area contributed by atoms with Gasteiger partial charge in [-0.1, -0.05) is 12.8 Å². The molecule has 2 unspecified atom stereocenters. The van der Waals surface area contributed by atoms with Crippen molar-refractivity contribution in [1.29, 1.82) is 0 Å². The maximum atomic E-state index is 12.4. The number of Topliss-reactive ketones (excluding diaryl/α,β-unsaturated/α-hetero) is 1. The van der Waals surface area contributed by atoms with Crippen LogP contribution in [0.15, 0.2) is 0 Å². The predicted molar refractivity (Wildman–Crippen MR) is 72.9 cm³/mol. The Balaban J connectivity index is 1.61. The Bertz CT molecular complexity index is 363. The Kier molecular flexibility index (Phi) is 3.76. The Morgan fingerprint density at radius 1 is 1.05 bits per heavy atom. The molecular formula is C15H24N2O2. The van der Waals surface area contributed by atoms with Gasteiger partial charge in [-0.2, -0.15) is 0 Å². The van der Waals surface area contributed by atoms with Gasteiger partial charge in [0, 0.05) is 31.0 Å². The molecule has 2 atom stereocenters. The quantitative estimate of drug-likeness (QED) is 0.833. The van der Waals surface area contributed by atoms with Crippen molar-refractivity contribution >= 4 is 11.8 Å². The monoisotopic (exact) mass is 264 g/mol. The first-order valence-corrected chi connectivity index (χ1v) is 7.85. The number of nitrogens with one attached hydrogen (secondary N) is 1. The van der Waals surface area contributed by atoms with Gasteiger partial charge >= 0.3 is 6.03 Å². The lowest BCUT2D eigenvalue weighted by molar-refractivity contribution is -0.121. The molecular weight excluding hydrogens is 240 g/mol. The van der Waals surface area contributed by atoms with Crippen LogP contribution in [0.4, 0.5) is 4.79 Å². The van der Waals surface area contributed by atoms with Crippen LogP contribution in [-0.4, -0.2) is 35.3 Å². The van der Waals surface area contributed by atoms with E-state index in [-0.39, 0.29) is 18.0 Å². The Labute approximate surface area is 114 Å². The zero-order valence-corrected chi connectivity index (χ0v) is 11.6. The van der Waals surface area contributed by atoms with Crippen molar-refractivity contribution in [3.63, 3.8) is 0 Å². The molecule has 1 heterocycles. The van der Waals surface area contributed by atoms with Crippen molar-refractivity contribution in [2.45, 2.75) is 69.9 Å². The van der Waals surface area contributed by atoms with E-state index >= 15 is 0 Å². The van der Waals surface area contributed by atoms with Crippen LogP contribution in [0, 0.1) is 5.92 Å². The van der Waals surface area contributed by atoms with E-state index in [1.165, 1.54) is 12.8 Å². The first-order chi connectivity index (χ1) is 9.25. The molecule has 2 saturated carbocycles. The Morgan fingerprint density at radius 2 is 1.84 bits per heavy atom. The molecule has 4 nitrogen and oxygen atoms in total. The highest BCUT2D eigenvalue weighted by Crippen LogP contribution is 2.33. The molecule has 4 heteroatoms. The molecule has 3 fully saturated rings. The molecule has 0 radical (unpaired) electrons. The van der Waals surface area contributed by atoms with Gasteiger partial charge in [0.05, 0.1) is 0 Å². The van der Waals surface area contributed by atoms with E-state index in [0.29, 0.717) is 11.8 Å². The second-order valence-corrected chi connectivity index (χ2v) is 6.30. The number of urea groups is 1. The van der Waals surface area contributed by atoms with Crippen LogP contribution >= 0.6 is 0 Å². The fraction of sp³-hybridized carbons (Fsp3) is 0.867. The molecule has 0 bridgehead atoms. The fourth-order valence-corrected chi connectivity index (χ4v) is 4.04. The maximum Gasteiger partial charge on any atom is 0.317 e. The molecule has 0 aromatic heterocycles. The number of nitrogens with zero attached hydrogens (tertiary/aromatic N) is 1. The third-order valence-electron chi connectivity index (χ3n) is 5.06.